The van der Waals surface area contributed by atoms with Gasteiger partial charge in [0.05, 0.1) is 5.02 Å². The fourth-order valence-corrected chi connectivity index (χ4v) is 2.37. The molecular weight excluding hydrogens is 370 g/mol. The zero-order valence-electron chi connectivity index (χ0n) is 26.8. The summed E-state index contributed by atoms with van der Waals surface area (Å²) in [7, 11) is 0. The number of carbonyl (C=O) groups is 1. The lowest BCUT2D eigenvalue weighted by atomic mass is 9.87. The van der Waals surface area contributed by atoms with Crippen molar-refractivity contribution in [2.24, 2.45) is 0 Å². The molecule has 2 aromatic rings. The van der Waals surface area contributed by atoms with Crippen molar-refractivity contribution in [2.45, 2.75) is 44.5 Å². The van der Waals surface area contributed by atoms with Crippen molar-refractivity contribution in [3.63, 3.8) is 0 Å². The second-order valence-corrected chi connectivity index (χ2v) is 6.06. The van der Waals surface area contributed by atoms with Gasteiger partial charge in [-0.3, -0.25) is 9.78 Å². The first-order chi connectivity index (χ1) is 17.9. The number of halogens is 3. The molecule has 6 heteroatoms. The molecule has 0 unspecified atom stereocenters. The third-order valence-electron chi connectivity index (χ3n) is 3.64. The molecule has 3 nitrogen and oxygen atoms in total. The van der Waals surface area contributed by atoms with E-state index in [4.69, 9.17) is 29.4 Å². The van der Waals surface area contributed by atoms with Crippen LogP contribution in [0.25, 0.3) is 0 Å². The van der Waals surface area contributed by atoms with Crippen molar-refractivity contribution in [3.8, 4) is 0 Å². The smallest absolute Gasteiger partial charge is 0.253 e. The Morgan fingerprint density at radius 2 is 2.19 bits per heavy atom. The monoisotopic (exact) mass is 405 g/mol. The molecule has 0 radical (unpaired) electrons. The van der Waals surface area contributed by atoms with Crippen LogP contribution >= 0.6 is 11.6 Å². The van der Waals surface area contributed by atoms with Gasteiger partial charge in [0.1, 0.15) is 11.5 Å². The highest BCUT2D eigenvalue weighted by molar-refractivity contribution is 6.31. The number of rotatable bonds is 5. The molecule has 144 valence electrons. The van der Waals surface area contributed by atoms with Gasteiger partial charge in [-0.15, -0.1) is 0 Å². The van der Waals surface area contributed by atoms with Gasteiger partial charge in [0, 0.05) is 48.3 Å². The normalized spacial score (nSPS) is 32.0. The molecular formula is C21H23ClF2N2O. The first-order valence-electron chi connectivity index (χ1n) is 14.3. The molecule has 2 heterocycles. The summed E-state index contributed by atoms with van der Waals surface area (Å²) >= 11 is 5.65. The fourth-order valence-electron chi connectivity index (χ4n) is 2.19. The highest BCUT2D eigenvalue weighted by atomic mass is 35.5. The van der Waals surface area contributed by atoms with Gasteiger partial charge in [-0.2, -0.15) is 0 Å². The molecule has 1 aliphatic rings. The second kappa shape index (κ2) is 8.34. The maximum atomic E-state index is 16.6. The van der Waals surface area contributed by atoms with Crippen LogP contribution in [0.4, 0.5) is 8.78 Å². The van der Waals surface area contributed by atoms with E-state index in [2.05, 4.69) is 4.98 Å². The Bertz CT molecular complexity index is 1270. The summed E-state index contributed by atoms with van der Waals surface area (Å²) in [5, 5.41) is -0.613. The fraction of sp³-hybridized carbons (Fsp3) is 0.429. The summed E-state index contributed by atoms with van der Waals surface area (Å²) in [4.78, 5) is 16.5. The molecule has 1 aromatic heterocycles. The zero-order chi connectivity index (χ0) is 30.9. The van der Waals surface area contributed by atoms with Crippen LogP contribution < -0.4 is 0 Å². The minimum absolute atomic E-state index is 0.220. The van der Waals surface area contributed by atoms with Crippen molar-refractivity contribution in [1.82, 2.24) is 9.88 Å². The Hall–Kier alpha value is -2.01. The van der Waals surface area contributed by atoms with Crippen LogP contribution in [0.1, 0.15) is 65.0 Å². The van der Waals surface area contributed by atoms with E-state index >= 15 is 4.39 Å². The highest BCUT2D eigenvalue weighted by Gasteiger charge is 2.35. The summed E-state index contributed by atoms with van der Waals surface area (Å²) in [6.07, 6.45) is -12.1. The van der Waals surface area contributed by atoms with E-state index < -0.39 is 90.4 Å². The number of benzene rings is 1. The third kappa shape index (κ3) is 5.04. The van der Waals surface area contributed by atoms with Crippen LogP contribution in [0.3, 0.4) is 0 Å². The summed E-state index contributed by atoms with van der Waals surface area (Å²) in [5.41, 5.74) is -5.31. The van der Waals surface area contributed by atoms with Crippen molar-refractivity contribution in [1.29, 1.82) is 0 Å². The molecule has 1 aliphatic heterocycles. The van der Waals surface area contributed by atoms with Crippen molar-refractivity contribution in [2.75, 3.05) is 13.0 Å². The predicted molar refractivity (Wildman–Crippen MR) is 102 cm³/mol. The molecule has 0 N–H and O–H groups in total. The van der Waals surface area contributed by atoms with Crippen LogP contribution in [-0.4, -0.2) is 34.5 Å². The quantitative estimate of drug-likeness (QED) is 0.689. The van der Waals surface area contributed by atoms with Gasteiger partial charge in [0.15, 0.2) is 0 Å². The van der Waals surface area contributed by atoms with E-state index in [0.717, 1.165) is 24.4 Å². The van der Waals surface area contributed by atoms with Gasteiger partial charge in [0.2, 0.25) is 0 Å². The Balaban J connectivity index is 2.04. The van der Waals surface area contributed by atoms with Crippen molar-refractivity contribution < 1.29 is 31.4 Å². The molecule has 0 atom stereocenters. The van der Waals surface area contributed by atoms with Crippen LogP contribution in [0.5, 0.6) is 0 Å². The van der Waals surface area contributed by atoms with Crippen molar-refractivity contribution in [3.05, 3.63) is 64.2 Å². The number of hydrogen-bond acceptors (Lipinski definition) is 2. The predicted octanol–water partition coefficient (Wildman–Crippen LogP) is 5.15. The number of likely N-dealkylation sites (tertiary alicyclic amines) is 1. The van der Waals surface area contributed by atoms with Gasteiger partial charge < -0.3 is 4.90 Å². The maximum absolute atomic E-state index is 16.6. The molecule has 1 fully saturated rings. The van der Waals surface area contributed by atoms with E-state index in [9.17, 15) is 9.18 Å². The number of alkyl halides is 1. The van der Waals surface area contributed by atoms with Crippen LogP contribution in [0.15, 0.2) is 36.5 Å². The minimum atomic E-state index is -4.06. The number of pyridine rings is 1. The number of amides is 1. The molecule has 3 rings (SSSR count). The second-order valence-electron chi connectivity index (χ2n) is 5.65. The average Bonchev–Trinajstić information content (AvgIpc) is 2.82. The Morgan fingerprint density at radius 1 is 1.41 bits per heavy atom. The SMILES string of the molecule is [2H]C([2H])([2H])c1ccc(C([2H])([2H])CCC2(F)C([2H])([2H])C([2H])([2H])N(C(=O)c3ccc(F)c(Cl)c3)C([2H])([2H])C2([2H])[2H])nc1. The van der Waals surface area contributed by atoms with Gasteiger partial charge in [-0.25, -0.2) is 8.78 Å². The van der Waals surface area contributed by atoms with E-state index in [-0.39, 0.29) is 5.56 Å². The number of piperidine rings is 1. The molecule has 0 aliphatic carbocycles. The summed E-state index contributed by atoms with van der Waals surface area (Å²) in [6, 6.07) is 4.25. The topological polar surface area (TPSA) is 33.2 Å². The lowest BCUT2D eigenvalue weighted by Gasteiger charge is -2.36. The third-order valence-corrected chi connectivity index (χ3v) is 3.93. The lowest BCUT2D eigenvalue weighted by Crippen LogP contribution is -2.44. The first-order valence-corrected chi connectivity index (χ1v) is 8.20. The van der Waals surface area contributed by atoms with E-state index in [0.29, 0.717) is 12.1 Å². The van der Waals surface area contributed by atoms with Crippen LogP contribution in [0.2, 0.25) is 5.02 Å². The Kier molecular flexibility index (Phi) is 2.78. The van der Waals surface area contributed by atoms with Gasteiger partial charge in [0.25, 0.3) is 5.91 Å². The maximum Gasteiger partial charge on any atom is 0.253 e. The van der Waals surface area contributed by atoms with Gasteiger partial charge >= 0.3 is 0 Å². The number of hydrogen-bond donors (Lipinski definition) is 0. The zero-order valence-corrected chi connectivity index (χ0v) is 14.6. The van der Waals surface area contributed by atoms with Gasteiger partial charge in [-0.1, -0.05) is 17.7 Å². The molecule has 0 spiro atoms. The highest BCUT2D eigenvalue weighted by Crippen LogP contribution is 2.32. The lowest BCUT2D eigenvalue weighted by molar-refractivity contribution is 0.0389. The molecule has 0 saturated carbocycles. The van der Waals surface area contributed by atoms with Gasteiger partial charge in [-0.05, 0) is 68.6 Å². The number of carbonyl (C=O) groups excluding carboxylic acids is 1. The Labute approximate surface area is 181 Å². The number of aryl methyl sites for hydroxylation is 2. The van der Waals surface area contributed by atoms with E-state index in [1.165, 1.54) is 0 Å². The number of aromatic nitrogens is 1. The van der Waals surface area contributed by atoms with E-state index in [1.807, 2.05) is 0 Å². The molecule has 1 amide bonds. The number of nitrogens with zero attached hydrogens (tertiary/aromatic N) is 2. The minimum Gasteiger partial charge on any atom is -0.338 e. The van der Waals surface area contributed by atoms with E-state index in [1.54, 1.807) is 0 Å². The largest absolute Gasteiger partial charge is 0.338 e. The molecule has 1 saturated heterocycles. The van der Waals surface area contributed by atoms with Crippen LogP contribution in [-0.2, 0) is 6.37 Å². The average molecular weight is 406 g/mol. The summed E-state index contributed by atoms with van der Waals surface area (Å²) in [6.45, 7) is -10.3. The molecule has 27 heavy (non-hydrogen) atoms. The summed E-state index contributed by atoms with van der Waals surface area (Å²) < 4.78 is 135. The Morgan fingerprint density at radius 3 is 2.81 bits per heavy atom. The molecule has 1 aromatic carbocycles. The van der Waals surface area contributed by atoms with Crippen molar-refractivity contribution >= 4 is 17.5 Å². The summed E-state index contributed by atoms with van der Waals surface area (Å²) in [5.74, 6) is -2.62. The standard InChI is InChI=1S/C21H23ClF2N2O/c1-15-4-6-17(25-14-15)3-2-8-21(24)9-11-26(12-10-21)20(27)16-5-7-19(23)18(22)13-16/h4-7,13-14H,2-3,8-12H2,1H3/i1D3,3D2,9D2,10D2,11D2,12D2. The molecule has 0 bridgehead atoms. The first kappa shape index (κ1) is 8.99. The van der Waals surface area contributed by atoms with Crippen LogP contribution in [0, 0.1) is 12.7 Å².